The standard InChI is InChI=1S/C18H29N3/c1-14-6-5-7-17(15(14)2)18(12-19)21-11-8-16(13-21)20-9-3-4-10-20/h5-7,16,18H,3-4,8-13,19H2,1-2H3. The highest BCUT2D eigenvalue weighted by molar-refractivity contribution is 5.35. The van der Waals surface area contributed by atoms with Gasteiger partial charge in [-0.2, -0.15) is 0 Å². The minimum atomic E-state index is 0.387. The van der Waals surface area contributed by atoms with Gasteiger partial charge in [-0.15, -0.1) is 0 Å². The summed E-state index contributed by atoms with van der Waals surface area (Å²) in [6.45, 7) is 10.1. The molecule has 1 aromatic rings. The van der Waals surface area contributed by atoms with Crippen LogP contribution in [0.15, 0.2) is 18.2 Å². The summed E-state index contributed by atoms with van der Waals surface area (Å²) in [6, 6.07) is 7.78. The average molecular weight is 287 g/mol. The van der Waals surface area contributed by atoms with Gasteiger partial charge in [-0.05, 0) is 62.9 Å². The second kappa shape index (κ2) is 6.47. The molecule has 0 bridgehead atoms. The van der Waals surface area contributed by atoms with Gasteiger partial charge in [-0.25, -0.2) is 0 Å². The van der Waals surface area contributed by atoms with E-state index in [1.807, 2.05) is 0 Å². The zero-order chi connectivity index (χ0) is 14.8. The number of likely N-dealkylation sites (tertiary alicyclic amines) is 2. The number of aryl methyl sites for hydroxylation is 1. The molecule has 21 heavy (non-hydrogen) atoms. The minimum Gasteiger partial charge on any atom is -0.329 e. The van der Waals surface area contributed by atoms with Crippen LogP contribution in [0.25, 0.3) is 0 Å². The summed E-state index contributed by atoms with van der Waals surface area (Å²) in [7, 11) is 0. The molecule has 2 heterocycles. The van der Waals surface area contributed by atoms with Crippen LogP contribution in [-0.2, 0) is 0 Å². The van der Waals surface area contributed by atoms with Crippen molar-refractivity contribution in [3.63, 3.8) is 0 Å². The van der Waals surface area contributed by atoms with E-state index in [0.717, 1.165) is 12.6 Å². The third-order valence-corrected chi connectivity index (χ3v) is 5.52. The van der Waals surface area contributed by atoms with E-state index in [0.29, 0.717) is 6.04 Å². The molecule has 2 N–H and O–H groups in total. The Bertz CT molecular complexity index is 479. The van der Waals surface area contributed by atoms with Crippen LogP contribution in [0.5, 0.6) is 0 Å². The third-order valence-electron chi connectivity index (χ3n) is 5.52. The fraction of sp³-hybridized carbons (Fsp3) is 0.667. The zero-order valence-corrected chi connectivity index (χ0v) is 13.5. The highest BCUT2D eigenvalue weighted by Gasteiger charge is 2.33. The Morgan fingerprint density at radius 1 is 1.19 bits per heavy atom. The van der Waals surface area contributed by atoms with Gasteiger partial charge < -0.3 is 5.73 Å². The minimum absolute atomic E-state index is 0.387. The molecule has 2 fully saturated rings. The Kier molecular flexibility index (Phi) is 4.63. The number of hydrogen-bond acceptors (Lipinski definition) is 3. The van der Waals surface area contributed by atoms with E-state index in [1.165, 1.54) is 62.1 Å². The molecule has 2 aliphatic rings. The van der Waals surface area contributed by atoms with Gasteiger partial charge in [-0.3, -0.25) is 9.80 Å². The van der Waals surface area contributed by atoms with E-state index in [4.69, 9.17) is 5.73 Å². The summed E-state index contributed by atoms with van der Waals surface area (Å²) in [6.07, 6.45) is 4.07. The molecule has 2 unspecified atom stereocenters. The monoisotopic (exact) mass is 287 g/mol. The smallest absolute Gasteiger partial charge is 0.0473 e. The second-order valence-electron chi connectivity index (χ2n) is 6.72. The Hall–Kier alpha value is -0.900. The van der Waals surface area contributed by atoms with Crippen molar-refractivity contribution in [2.45, 2.75) is 45.2 Å². The molecule has 0 amide bonds. The maximum absolute atomic E-state index is 6.15. The predicted molar refractivity (Wildman–Crippen MR) is 88.5 cm³/mol. The van der Waals surface area contributed by atoms with Crippen LogP contribution in [0.2, 0.25) is 0 Å². The summed E-state index contributed by atoms with van der Waals surface area (Å²) in [5, 5.41) is 0. The van der Waals surface area contributed by atoms with Gasteiger partial charge in [-0.1, -0.05) is 18.2 Å². The van der Waals surface area contributed by atoms with Crippen molar-refractivity contribution >= 4 is 0 Å². The lowest BCUT2D eigenvalue weighted by Crippen LogP contribution is -2.38. The molecule has 3 rings (SSSR count). The fourth-order valence-electron chi connectivity index (χ4n) is 4.06. The van der Waals surface area contributed by atoms with Crippen molar-refractivity contribution in [3.05, 3.63) is 34.9 Å². The third kappa shape index (κ3) is 3.01. The van der Waals surface area contributed by atoms with Crippen LogP contribution in [0.3, 0.4) is 0 Å². The molecule has 3 nitrogen and oxygen atoms in total. The molecular weight excluding hydrogens is 258 g/mol. The molecule has 0 saturated carbocycles. The lowest BCUT2D eigenvalue weighted by Gasteiger charge is -2.30. The first-order chi connectivity index (χ1) is 10.2. The number of benzene rings is 1. The average Bonchev–Trinajstić information content (AvgIpc) is 3.15. The summed E-state index contributed by atoms with van der Waals surface area (Å²) in [5.41, 5.74) is 10.4. The quantitative estimate of drug-likeness (QED) is 0.923. The van der Waals surface area contributed by atoms with Crippen molar-refractivity contribution in [1.82, 2.24) is 9.80 Å². The normalized spacial score (nSPS) is 25.6. The molecule has 0 radical (unpaired) electrons. The fourth-order valence-corrected chi connectivity index (χ4v) is 4.06. The number of nitrogens with zero attached hydrogens (tertiary/aromatic N) is 2. The number of nitrogens with two attached hydrogens (primary N) is 1. The Balaban J connectivity index is 1.73. The second-order valence-corrected chi connectivity index (χ2v) is 6.72. The molecule has 0 spiro atoms. The van der Waals surface area contributed by atoms with Crippen molar-refractivity contribution < 1.29 is 0 Å². The number of rotatable bonds is 4. The zero-order valence-electron chi connectivity index (χ0n) is 13.5. The lowest BCUT2D eigenvalue weighted by atomic mass is 9.96. The van der Waals surface area contributed by atoms with Crippen molar-refractivity contribution in [1.29, 1.82) is 0 Å². The first-order valence-electron chi connectivity index (χ1n) is 8.45. The SMILES string of the molecule is Cc1cccc(C(CN)N2CCC(N3CCCC3)C2)c1C. The van der Waals surface area contributed by atoms with E-state index in [-0.39, 0.29) is 0 Å². The summed E-state index contributed by atoms with van der Waals surface area (Å²) < 4.78 is 0. The molecule has 116 valence electrons. The van der Waals surface area contributed by atoms with Crippen LogP contribution in [-0.4, -0.2) is 48.6 Å². The van der Waals surface area contributed by atoms with Crippen LogP contribution in [0.1, 0.15) is 42.0 Å². The molecule has 3 heteroatoms. The van der Waals surface area contributed by atoms with E-state index >= 15 is 0 Å². The molecular formula is C18H29N3. The van der Waals surface area contributed by atoms with Gasteiger partial charge in [0.25, 0.3) is 0 Å². The Morgan fingerprint density at radius 2 is 1.95 bits per heavy atom. The predicted octanol–water partition coefficient (Wildman–Crippen LogP) is 2.47. The molecule has 1 aromatic carbocycles. The van der Waals surface area contributed by atoms with Gasteiger partial charge >= 0.3 is 0 Å². The lowest BCUT2D eigenvalue weighted by molar-refractivity contribution is 0.202. The maximum Gasteiger partial charge on any atom is 0.0473 e. The highest BCUT2D eigenvalue weighted by Crippen LogP contribution is 2.30. The van der Waals surface area contributed by atoms with Crippen molar-refractivity contribution in [2.75, 3.05) is 32.7 Å². The van der Waals surface area contributed by atoms with E-state index < -0.39 is 0 Å². The Morgan fingerprint density at radius 3 is 2.67 bits per heavy atom. The van der Waals surface area contributed by atoms with Gasteiger partial charge in [0.15, 0.2) is 0 Å². The van der Waals surface area contributed by atoms with Crippen molar-refractivity contribution in [3.8, 4) is 0 Å². The van der Waals surface area contributed by atoms with Gasteiger partial charge in [0.1, 0.15) is 0 Å². The molecule has 2 aliphatic heterocycles. The summed E-state index contributed by atoms with van der Waals surface area (Å²) >= 11 is 0. The van der Waals surface area contributed by atoms with E-state index in [2.05, 4.69) is 41.8 Å². The maximum atomic E-state index is 6.15. The van der Waals surface area contributed by atoms with E-state index in [1.54, 1.807) is 0 Å². The van der Waals surface area contributed by atoms with Crippen LogP contribution >= 0.6 is 0 Å². The van der Waals surface area contributed by atoms with Crippen LogP contribution < -0.4 is 5.73 Å². The first-order valence-corrected chi connectivity index (χ1v) is 8.45. The first kappa shape index (κ1) is 15.0. The largest absolute Gasteiger partial charge is 0.329 e. The van der Waals surface area contributed by atoms with Gasteiger partial charge in [0.2, 0.25) is 0 Å². The van der Waals surface area contributed by atoms with Crippen molar-refractivity contribution in [2.24, 2.45) is 5.73 Å². The van der Waals surface area contributed by atoms with Gasteiger partial charge in [0, 0.05) is 31.7 Å². The summed E-state index contributed by atoms with van der Waals surface area (Å²) in [5.74, 6) is 0. The molecule has 0 aliphatic carbocycles. The molecule has 2 atom stereocenters. The van der Waals surface area contributed by atoms with Gasteiger partial charge in [0.05, 0.1) is 0 Å². The van der Waals surface area contributed by atoms with E-state index in [9.17, 15) is 0 Å². The molecule has 0 aromatic heterocycles. The van der Waals surface area contributed by atoms with Crippen LogP contribution in [0, 0.1) is 13.8 Å². The molecule has 2 saturated heterocycles. The van der Waals surface area contributed by atoms with Crippen LogP contribution in [0.4, 0.5) is 0 Å². The highest BCUT2D eigenvalue weighted by atomic mass is 15.3. The Labute approximate surface area is 129 Å². The number of hydrogen-bond donors (Lipinski definition) is 1. The summed E-state index contributed by atoms with van der Waals surface area (Å²) in [4.78, 5) is 5.31. The topological polar surface area (TPSA) is 32.5 Å².